The van der Waals surface area contributed by atoms with E-state index in [2.05, 4.69) is 5.32 Å². The summed E-state index contributed by atoms with van der Waals surface area (Å²) in [7, 11) is 2.94. The summed E-state index contributed by atoms with van der Waals surface area (Å²) in [4.78, 5) is 24.3. The molecule has 2 aromatic carbocycles. The van der Waals surface area contributed by atoms with E-state index in [-0.39, 0.29) is 12.0 Å². The normalized spacial score (nSPS) is 12.8. The van der Waals surface area contributed by atoms with E-state index in [9.17, 15) is 19.1 Å². The second kappa shape index (κ2) is 7.86. The summed E-state index contributed by atoms with van der Waals surface area (Å²) in [5.74, 6) is -1.38. The highest BCUT2D eigenvalue weighted by atomic mass is 19.1. The molecule has 26 heavy (non-hydrogen) atoms. The lowest BCUT2D eigenvalue weighted by molar-refractivity contribution is -0.147. The van der Waals surface area contributed by atoms with E-state index >= 15 is 0 Å². The van der Waals surface area contributed by atoms with Crippen LogP contribution in [0.4, 0.5) is 4.39 Å². The second-order valence-electron chi connectivity index (χ2n) is 5.80. The number of carboxylic acids is 1. The topological polar surface area (TPSA) is 84.9 Å². The van der Waals surface area contributed by atoms with Gasteiger partial charge in [-0.2, -0.15) is 0 Å². The number of amides is 1. The number of nitrogens with one attached hydrogen (secondary N) is 1. The molecule has 1 unspecified atom stereocenters. The van der Waals surface area contributed by atoms with Crippen molar-refractivity contribution in [3.8, 4) is 11.5 Å². The maximum atomic E-state index is 13.1. The van der Waals surface area contributed by atoms with Crippen molar-refractivity contribution in [3.05, 3.63) is 59.4 Å². The smallest absolute Gasteiger partial charge is 0.333 e. The van der Waals surface area contributed by atoms with Crippen molar-refractivity contribution in [2.45, 2.75) is 18.9 Å². The first-order chi connectivity index (χ1) is 12.3. The molecule has 6 nitrogen and oxygen atoms in total. The predicted molar refractivity (Wildman–Crippen MR) is 92.8 cm³/mol. The molecular formula is C19H20FNO5. The van der Waals surface area contributed by atoms with Crippen LogP contribution in [0.25, 0.3) is 0 Å². The van der Waals surface area contributed by atoms with Crippen LogP contribution in [0.15, 0.2) is 42.5 Å². The fourth-order valence-corrected chi connectivity index (χ4v) is 2.62. The first-order valence-corrected chi connectivity index (χ1v) is 7.82. The summed E-state index contributed by atoms with van der Waals surface area (Å²) in [5, 5.41) is 12.1. The highest BCUT2D eigenvalue weighted by Crippen LogP contribution is 2.29. The summed E-state index contributed by atoms with van der Waals surface area (Å²) < 4.78 is 23.6. The van der Waals surface area contributed by atoms with E-state index in [1.54, 1.807) is 18.2 Å². The molecule has 0 spiro atoms. The Labute approximate surface area is 150 Å². The third-order valence-corrected chi connectivity index (χ3v) is 4.11. The summed E-state index contributed by atoms with van der Waals surface area (Å²) in [6.07, 6.45) is -0.142. The van der Waals surface area contributed by atoms with Crippen molar-refractivity contribution < 1.29 is 28.6 Å². The lowest BCUT2D eigenvalue weighted by atomic mass is 9.91. The molecule has 2 rings (SSSR count). The number of halogens is 1. The number of carboxylic acid groups (broad SMARTS) is 1. The zero-order valence-electron chi connectivity index (χ0n) is 14.7. The molecule has 2 N–H and O–H groups in total. The molecule has 0 fully saturated rings. The van der Waals surface area contributed by atoms with E-state index in [0.29, 0.717) is 17.1 Å². The second-order valence-corrected chi connectivity index (χ2v) is 5.80. The summed E-state index contributed by atoms with van der Waals surface area (Å²) in [6.45, 7) is 1.35. The van der Waals surface area contributed by atoms with Gasteiger partial charge in [-0.1, -0.05) is 18.2 Å². The van der Waals surface area contributed by atoms with E-state index in [4.69, 9.17) is 9.47 Å². The van der Waals surface area contributed by atoms with Gasteiger partial charge < -0.3 is 19.9 Å². The van der Waals surface area contributed by atoms with Gasteiger partial charge in [-0.05, 0) is 36.8 Å². The van der Waals surface area contributed by atoms with Crippen LogP contribution in [0.2, 0.25) is 0 Å². The molecule has 0 saturated carbocycles. The third kappa shape index (κ3) is 3.93. The van der Waals surface area contributed by atoms with Crippen molar-refractivity contribution >= 4 is 11.9 Å². The van der Waals surface area contributed by atoms with Crippen molar-refractivity contribution in [1.29, 1.82) is 0 Å². The molecule has 1 atom stereocenters. The molecule has 0 bridgehead atoms. The highest BCUT2D eigenvalue weighted by molar-refractivity contribution is 5.89. The third-order valence-electron chi connectivity index (χ3n) is 4.11. The number of methoxy groups -OCH3 is 2. The van der Waals surface area contributed by atoms with Gasteiger partial charge in [0.25, 0.3) is 0 Å². The Bertz CT molecular complexity index is 784. The molecule has 1 amide bonds. The molecule has 0 aromatic heterocycles. The number of benzene rings is 2. The first kappa shape index (κ1) is 19.2. The zero-order valence-corrected chi connectivity index (χ0v) is 14.7. The maximum absolute atomic E-state index is 13.1. The van der Waals surface area contributed by atoms with Gasteiger partial charge in [-0.25, -0.2) is 9.18 Å². The van der Waals surface area contributed by atoms with Crippen LogP contribution in [0, 0.1) is 5.82 Å². The van der Waals surface area contributed by atoms with Crippen molar-refractivity contribution in [2.75, 3.05) is 14.2 Å². The maximum Gasteiger partial charge on any atom is 0.333 e. The number of carbonyl (C=O) groups is 2. The van der Waals surface area contributed by atoms with Crippen LogP contribution in [0.3, 0.4) is 0 Å². The van der Waals surface area contributed by atoms with E-state index in [1.807, 2.05) is 0 Å². The molecule has 0 aliphatic rings. The Balaban J connectivity index is 2.30. The van der Waals surface area contributed by atoms with Crippen LogP contribution in [-0.2, 0) is 21.5 Å². The fraction of sp³-hybridized carbons (Fsp3) is 0.263. The lowest BCUT2D eigenvalue weighted by Crippen LogP contribution is -2.50. The average Bonchev–Trinajstić information content (AvgIpc) is 2.62. The standard InChI is InChI=1S/C19H20FNO5/c1-19(18(23)24,12-7-9-13(20)10-8-12)21-17(22)11-14-15(25-2)5-4-6-16(14)26-3/h4-10H,11H2,1-3H3,(H,21,22)(H,23,24). The SMILES string of the molecule is COc1cccc(OC)c1CC(=O)NC(C)(C(=O)O)c1ccc(F)cc1. The minimum Gasteiger partial charge on any atom is -0.496 e. The van der Waals surface area contributed by atoms with Gasteiger partial charge in [-0.3, -0.25) is 4.79 Å². The Morgan fingerprint density at radius 1 is 1.08 bits per heavy atom. The number of hydrogen-bond acceptors (Lipinski definition) is 4. The average molecular weight is 361 g/mol. The van der Waals surface area contributed by atoms with E-state index in [1.165, 1.54) is 33.3 Å². The van der Waals surface area contributed by atoms with Crippen LogP contribution < -0.4 is 14.8 Å². The Morgan fingerprint density at radius 2 is 1.62 bits per heavy atom. The highest BCUT2D eigenvalue weighted by Gasteiger charge is 2.37. The molecule has 0 radical (unpaired) electrons. The fourth-order valence-electron chi connectivity index (χ4n) is 2.62. The van der Waals surface area contributed by atoms with Gasteiger partial charge in [0.2, 0.25) is 5.91 Å². The number of ether oxygens (including phenoxy) is 2. The van der Waals surface area contributed by atoms with Crippen LogP contribution in [0.1, 0.15) is 18.1 Å². The largest absolute Gasteiger partial charge is 0.496 e. The summed E-state index contributed by atoms with van der Waals surface area (Å²) in [5.41, 5.74) is -0.950. The predicted octanol–water partition coefficient (Wildman–Crippen LogP) is 2.50. The van der Waals surface area contributed by atoms with Crippen LogP contribution in [0.5, 0.6) is 11.5 Å². The Hall–Kier alpha value is -3.09. The number of aliphatic carboxylic acids is 1. The number of rotatable bonds is 7. The van der Waals surface area contributed by atoms with Gasteiger partial charge >= 0.3 is 5.97 Å². The van der Waals surface area contributed by atoms with Crippen molar-refractivity contribution in [3.63, 3.8) is 0 Å². The molecule has 0 saturated heterocycles. The van der Waals surface area contributed by atoms with Gasteiger partial charge in [0.15, 0.2) is 5.54 Å². The molecule has 0 aliphatic heterocycles. The van der Waals surface area contributed by atoms with Crippen LogP contribution >= 0.6 is 0 Å². The van der Waals surface area contributed by atoms with Crippen molar-refractivity contribution in [1.82, 2.24) is 5.32 Å². The Kier molecular flexibility index (Phi) is 5.82. The molecule has 2 aromatic rings. The minimum absolute atomic E-state index is 0.142. The van der Waals surface area contributed by atoms with Gasteiger partial charge in [-0.15, -0.1) is 0 Å². The number of hydrogen-bond donors (Lipinski definition) is 2. The quantitative estimate of drug-likeness (QED) is 0.792. The Morgan fingerprint density at radius 3 is 2.08 bits per heavy atom. The monoisotopic (exact) mass is 361 g/mol. The summed E-state index contributed by atoms with van der Waals surface area (Å²) >= 11 is 0. The molecular weight excluding hydrogens is 341 g/mol. The van der Waals surface area contributed by atoms with Crippen LogP contribution in [-0.4, -0.2) is 31.2 Å². The minimum atomic E-state index is -1.71. The molecule has 138 valence electrons. The van der Waals surface area contributed by atoms with Gasteiger partial charge in [0.1, 0.15) is 17.3 Å². The lowest BCUT2D eigenvalue weighted by Gasteiger charge is -2.27. The van der Waals surface area contributed by atoms with Crippen molar-refractivity contribution in [2.24, 2.45) is 0 Å². The molecule has 7 heteroatoms. The molecule has 0 aliphatic carbocycles. The molecule has 0 heterocycles. The summed E-state index contributed by atoms with van der Waals surface area (Å²) in [6, 6.07) is 10.0. The van der Waals surface area contributed by atoms with Gasteiger partial charge in [0, 0.05) is 5.56 Å². The van der Waals surface area contributed by atoms with E-state index in [0.717, 1.165) is 12.1 Å². The van der Waals surface area contributed by atoms with Gasteiger partial charge in [0.05, 0.1) is 20.6 Å². The van der Waals surface area contributed by atoms with E-state index < -0.39 is 23.2 Å². The first-order valence-electron chi connectivity index (χ1n) is 7.82. The number of carbonyl (C=O) groups excluding carboxylic acids is 1. The zero-order chi connectivity index (χ0) is 19.3.